The maximum atomic E-state index is 11.7. The number of nitrogens with zero attached hydrogens (tertiary/aromatic N) is 1. The number of nitrogens with one attached hydrogen (secondary N) is 1. The standard InChI is InChI=1S/C11H20N2O2/c14-11(13-6-1-2-7-13)4-3-10-9-12-5-8-15-10/h10,12H,1-9H2. The Labute approximate surface area is 91.0 Å². The lowest BCUT2D eigenvalue weighted by atomic mass is 10.1. The molecule has 86 valence electrons. The van der Waals surface area contributed by atoms with E-state index in [0.29, 0.717) is 12.3 Å². The number of morpholine rings is 1. The van der Waals surface area contributed by atoms with E-state index in [1.165, 1.54) is 12.8 Å². The second kappa shape index (κ2) is 5.47. The molecule has 2 rings (SSSR count). The first-order valence-corrected chi connectivity index (χ1v) is 5.96. The summed E-state index contributed by atoms with van der Waals surface area (Å²) in [5, 5.41) is 3.28. The molecule has 0 aromatic rings. The summed E-state index contributed by atoms with van der Waals surface area (Å²) in [5.74, 6) is 0.307. The number of hydrogen-bond donors (Lipinski definition) is 1. The van der Waals surface area contributed by atoms with Crippen molar-refractivity contribution >= 4 is 5.91 Å². The average Bonchev–Trinajstić information content (AvgIpc) is 2.81. The third kappa shape index (κ3) is 3.18. The zero-order valence-corrected chi connectivity index (χ0v) is 9.21. The molecule has 1 N–H and O–H groups in total. The van der Waals surface area contributed by atoms with Crippen molar-refractivity contribution in [2.24, 2.45) is 0 Å². The van der Waals surface area contributed by atoms with Crippen molar-refractivity contribution in [2.75, 3.05) is 32.8 Å². The van der Waals surface area contributed by atoms with Gasteiger partial charge in [0.15, 0.2) is 0 Å². The van der Waals surface area contributed by atoms with Crippen LogP contribution in [0.5, 0.6) is 0 Å². The highest BCUT2D eigenvalue weighted by molar-refractivity contribution is 5.76. The van der Waals surface area contributed by atoms with Gasteiger partial charge in [-0.2, -0.15) is 0 Å². The van der Waals surface area contributed by atoms with Gasteiger partial charge in [-0.05, 0) is 19.3 Å². The fourth-order valence-corrected chi connectivity index (χ4v) is 2.21. The average molecular weight is 212 g/mol. The van der Waals surface area contributed by atoms with E-state index in [1.807, 2.05) is 4.90 Å². The van der Waals surface area contributed by atoms with Gasteiger partial charge in [-0.1, -0.05) is 0 Å². The van der Waals surface area contributed by atoms with Gasteiger partial charge in [0.1, 0.15) is 0 Å². The molecule has 4 nitrogen and oxygen atoms in total. The summed E-state index contributed by atoms with van der Waals surface area (Å²) in [5.41, 5.74) is 0. The molecule has 1 atom stereocenters. The third-order valence-electron chi connectivity index (χ3n) is 3.14. The molecular weight excluding hydrogens is 192 g/mol. The topological polar surface area (TPSA) is 41.6 Å². The monoisotopic (exact) mass is 212 g/mol. The van der Waals surface area contributed by atoms with Crippen molar-refractivity contribution in [2.45, 2.75) is 31.8 Å². The Kier molecular flexibility index (Phi) is 3.97. The van der Waals surface area contributed by atoms with Gasteiger partial charge >= 0.3 is 0 Å². The summed E-state index contributed by atoms with van der Waals surface area (Å²) in [6, 6.07) is 0. The lowest BCUT2D eigenvalue weighted by Crippen LogP contribution is -2.39. The van der Waals surface area contributed by atoms with Crippen LogP contribution in [0.25, 0.3) is 0 Å². The molecule has 4 heteroatoms. The fraction of sp³-hybridized carbons (Fsp3) is 0.909. The van der Waals surface area contributed by atoms with Crippen LogP contribution in [0, 0.1) is 0 Å². The smallest absolute Gasteiger partial charge is 0.222 e. The number of rotatable bonds is 3. The van der Waals surface area contributed by atoms with Crippen molar-refractivity contribution in [3.63, 3.8) is 0 Å². The number of carbonyl (C=O) groups is 1. The molecular formula is C11H20N2O2. The van der Waals surface area contributed by atoms with E-state index >= 15 is 0 Å². The Morgan fingerprint density at radius 1 is 1.40 bits per heavy atom. The largest absolute Gasteiger partial charge is 0.376 e. The van der Waals surface area contributed by atoms with Crippen LogP contribution in [-0.4, -0.2) is 49.7 Å². The molecule has 1 unspecified atom stereocenters. The Morgan fingerprint density at radius 2 is 2.20 bits per heavy atom. The molecule has 0 bridgehead atoms. The number of hydrogen-bond acceptors (Lipinski definition) is 3. The van der Waals surface area contributed by atoms with Crippen LogP contribution in [-0.2, 0) is 9.53 Å². The molecule has 2 saturated heterocycles. The van der Waals surface area contributed by atoms with Crippen LogP contribution >= 0.6 is 0 Å². The van der Waals surface area contributed by atoms with Crippen LogP contribution in [0.2, 0.25) is 0 Å². The molecule has 0 saturated carbocycles. The van der Waals surface area contributed by atoms with E-state index in [1.54, 1.807) is 0 Å². The molecule has 1 amide bonds. The van der Waals surface area contributed by atoms with Crippen LogP contribution in [0.3, 0.4) is 0 Å². The fourth-order valence-electron chi connectivity index (χ4n) is 2.21. The Bertz CT molecular complexity index is 209. The summed E-state index contributed by atoms with van der Waals surface area (Å²) in [6.45, 7) is 4.54. The van der Waals surface area contributed by atoms with Gasteiger partial charge in [0, 0.05) is 32.6 Å². The highest BCUT2D eigenvalue weighted by Crippen LogP contribution is 2.12. The van der Waals surface area contributed by atoms with Gasteiger partial charge < -0.3 is 15.0 Å². The van der Waals surface area contributed by atoms with E-state index in [4.69, 9.17) is 4.74 Å². The summed E-state index contributed by atoms with van der Waals surface area (Å²) < 4.78 is 5.56. The summed E-state index contributed by atoms with van der Waals surface area (Å²) in [4.78, 5) is 13.7. The number of ether oxygens (including phenoxy) is 1. The number of carbonyl (C=O) groups excluding carboxylic acids is 1. The molecule has 0 radical (unpaired) electrons. The minimum Gasteiger partial charge on any atom is -0.376 e. The van der Waals surface area contributed by atoms with Gasteiger partial charge in [0.25, 0.3) is 0 Å². The van der Waals surface area contributed by atoms with E-state index in [-0.39, 0.29) is 6.10 Å². The second-order valence-electron chi connectivity index (χ2n) is 4.32. The van der Waals surface area contributed by atoms with Crippen LogP contribution < -0.4 is 5.32 Å². The first-order valence-electron chi connectivity index (χ1n) is 5.96. The molecule has 2 aliphatic heterocycles. The highest BCUT2D eigenvalue weighted by Gasteiger charge is 2.20. The quantitative estimate of drug-likeness (QED) is 0.735. The van der Waals surface area contributed by atoms with Crippen LogP contribution in [0.4, 0.5) is 0 Å². The number of amides is 1. The minimum atomic E-state index is 0.241. The van der Waals surface area contributed by atoms with E-state index in [2.05, 4.69) is 5.32 Å². The van der Waals surface area contributed by atoms with Gasteiger partial charge in [0.2, 0.25) is 5.91 Å². The van der Waals surface area contributed by atoms with Crippen molar-refractivity contribution < 1.29 is 9.53 Å². The molecule has 0 aliphatic carbocycles. The lowest BCUT2D eigenvalue weighted by Gasteiger charge is -2.24. The first-order chi connectivity index (χ1) is 7.36. The zero-order chi connectivity index (χ0) is 10.5. The van der Waals surface area contributed by atoms with Gasteiger partial charge in [-0.25, -0.2) is 0 Å². The summed E-state index contributed by atoms with van der Waals surface area (Å²) in [6.07, 6.45) is 4.10. The number of likely N-dealkylation sites (tertiary alicyclic amines) is 1. The third-order valence-corrected chi connectivity index (χ3v) is 3.14. The van der Waals surface area contributed by atoms with Crippen molar-refractivity contribution in [3.05, 3.63) is 0 Å². The zero-order valence-electron chi connectivity index (χ0n) is 9.21. The van der Waals surface area contributed by atoms with Crippen LogP contribution in [0.15, 0.2) is 0 Å². The SMILES string of the molecule is O=C(CCC1CNCCO1)N1CCCC1. The van der Waals surface area contributed by atoms with Crippen molar-refractivity contribution in [1.82, 2.24) is 10.2 Å². The van der Waals surface area contributed by atoms with E-state index in [9.17, 15) is 4.79 Å². The van der Waals surface area contributed by atoms with Crippen molar-refractivity contribution in [1.29, 1.82) is 0 Å². The van der Waals surface area contributed by atoms with Crippen molar-refractivity contribution in [3.8, 4) is 0 Å². The predicted octanol–water partition coefficient (Wildman–Crippen LogP) is 0.377. The Morgan fingerprint density at radius 3 is 2.87 bits per heavy atom. The van der Waals surface area contributed by atoms with Gasteiger partial charge in [-0.3, -0.25) is 4.79 Å². The van der Waals surface area contributed by atoms with Crippen LogP contribution in [0.1, 0.15) is 25.7 Å². The summed E-state index contributed by atoms with van der Waals surface area (Å²) >= 11 is 0. The normalized spacial score (nSPS) is 26.9. The molecule has 0 spiro atoms. The van der Waals surface area contributed by atoms with E-state index in [0.717, 1.165) is 39.2 Å². The molecule has 2 aliphatic rings. The first kappa shape index (κ1) is 10.9. The molecule has 2 fully saturated rings. The van der Waals surface area contributed by atoms with Gasteiger partial charge in [-0.15, -0.1) is 0 Å². The molecule has 0 aromatic carbocycles. The molecule has 15 heavy (non-hydrogen) atoms. The van der Waals surface area contributed by atoms with E-state index < -0.39 is 0 Å². The summed E-state index contributed by atoms with van der Waals surface area (Å²) in [7, 11) is 0. The maximum absolute atomic E-state index is 11.7. The molecule has 2 heterocycles. The Balaban J connectivity index is 1.65. The van der Waals surface area contributed by atoms with Gasteiger partial charge in [0.05, 0.1) is 12.7 Å². The Hall–Kier alpha value is -0.610. The second-order valence-corrected chi connectivity index (χ2v) is 4.32. The highest BCUT2D eigenvalue weighted by atomic mass is 16.5. The predicted molar refractivity (Wildman–Crippen MR) is 57.7 cm³/mol. The molecule has 0 aromatic heterocycles. The lowest BCUT2D eigenvalue weighted by molar-refractivity contribution is -0.131. The maximum Gasteiger partial charge on any atom is 0.222 e. The minimum absolute atomic E-state index is 0.241.